The van der Waals surface area contributed by atoms with E-state index >= 15 is 0 Å². The van der Waals surface area contributed by atoms with E-state index in [1.807, 2.05) is 36.4 Å². The van der Waals surface area contributed by atoms with Gasteiger partial charge < -0.3 is 9.13 Å². The molecule has 0 bridgehead atoms. The minimum absolute atomic E-state index is 0.137. The molecule has 632 valence electrons. The highest BCUT2D eigenvalue weighted by molar-refractivity contribution is 6.18. The Balaban J connectivity index is 0.000000147. The minimum Gasteiger partial charge on any atom is -0.309 e. The van der Waals surface area contributed by atoms with E-state index < -0.39 is 0 Å². The first kappa shape index (κ1) is 80.1. The van der Waals surface area contributed by atoms with Gasteiger partial charge in [0.1, 0.15) is 12.0 Å². The Morgan fingerprint density at radius 2 is 0.500 bits per heavy atom. The van der Waals surface area contributed by atoms with Crippen LogP contribution in [0, 0.1) is 0 Å². The summed E-state index contributed by atoms with van der Waals surface area (Å²) in [5.41, 5.74) is 39.8. The van der Waals surface area contributed by atoms with Gasteiger partial charge in [0, 0.05) is 77.1 Å². The van der Waals surface area contributed by atoms with Crippen LogP contribution in [0.2, 0.25) is 0 Å². The Hall–Kier alpha value is -17.3. The van der Waals surface area contributed by atoms with Gasteiger partial charge in [-0.2, -0.15) is 0 Å². The lowest BCUT2D eigenvalue weighted by Gasteiger charge is -2.22. The summed E-state index contributed by atoms with van der Waals surface area (Å²) in [6.07, 6.45) is 1.58. The molecule has 25 rings (SSSR count). The van der Waals surface area contributed by atoms with Gasteiger partial charge in [-0.15, -0.1) is 0 Å². The van der Waals surface area contributed by atoms with Crippen LogP contribution in [-0.4, -0.2) is 44.0 Å². The molecule has 0 saturated heterocycles. The van der Waals surface area contributed by atoms with Gasteiger partial charge in [-0.05, 0) is 227 Å². The molecule has 134 heavy (non-hydrogen) atoms. The van der Waals surface area contributed by atoms with Gasteiger partial charge >= 0.3 is 0 Å². The fraction of sp³-hybridized carbons (Fsp3) is 0.0480. The first-order valence-electron chi connectivity index (χ1n) is 45.8. The maximum atomic E-state index is 5.48. The first-order chi connectivity index (χ1) is 65.9. The number of hydrogen-bond acceptors (Lipinski definition) is 7. The molecule has 23 aromatic rings. The van der Waals surface area contributed by atoms with Crippen molar-refractivity contribution in [1.29, 1.82) is 0 Å². The van der Waals surface area contributed by atoms with Crippen molar-refractivity contribution in [2.24, 2.45) is 0 Å². The summed E-state index contributed by atoms with van der Waals surface area (Å²) >= 11 is 0. The van der Waals surface area contributed by atoms with E-state index in [1.165, 1.54) is 105 Å². The van der Waals surface area contributed by atoms with Crippen LogP contribution in [0.3, 0.4) is 0 Å². The Morgan fingerprint density at radius 3 is 0.948 bits per heavy atom. The maximum Gasteiger partial charge on any atom is 0.181 e. The molecule has 0 spiro atoms. The van der Waals surface area contributed by atoms with Gasteiger partial charge in [0.05, 0.1) is 39.1 Å². The lowest BCUT2D eigenvalue weighted by Crippen LogP contribution is -2.15. The monoisotopic (exact) mass is 1710 g/mol. The van der Waals surface area contributed by atoms with Crippen molar-refractivity contribution in [3.63, 3.8) is 0 Å². The average molecular weight is 1720 g/mol. The topological polar surface area (TPSA) is 100 Å². The SMILES string of the molecule is CC1(C)c2ccccc2-c2ccc(-c3cc(-c4ccc5c(c4)C(C)(C)c4ccccc4-5)nc(-c4cccc(-c5cccc6c5c5cc(-c7ccccc7)ccc5n6-c5ccccc5)c4)n3)cc21.c1ccc(-c2cc(-c3ccccc3)cc(-c3ncnc(-c4cc(-c5ccccc5)nc(-c5cccc(-c6cccc7c6c6cc(-c8ccccc8)ccc6n7-c6ccccc6)c5)n4)n3)c2)cc1. The third kappa shape index (κ3) is 14.2. The normalized spacial score (nSPS) is 12.6. The van der Waals surface area contributed by atoms with E-state index in [2.05, 4.69) is 449 Å². The third-order valence-corrected chi connectivity index (χ3v) is 27.2. The summed E-state index contributed by atoms with van der Waals surface area (Å²) in [6, 6.07) is 160. The fourth-order valence-corrected chi connectivity index (χ4v) is 20.6. The number of hydrogen-bond donors (Lipinski definition) is 0. The van der Waals surface area contributed by atoms with E-state index in [-0.39, 0.29) is 10.8 Å². The fourth-order valence-electron chi connectivity index (χ4n) is 20.6. The lowest BCUT2D eigenvalue weighted by atomic mass is 9.81. The van der Waals surface area contributed by atoms with Crippen LogP contribution >= 0.6 is 0 Å². The Kier molecular flexibility index (Phi) is 19.7. The molecule has 18 aromatic carbocycles. The smallest absolute Gasteiger partial charge is 0.181 e. The molecule has 0 saturated carbocycles. The highest BCUT2D eigenvalue weighted by Gasteiger charge is 2.38. The third-order valence-electron chi connectivity index (χ3n) is 27.2. The minimum atomic E-state index is -0.137. The largest absolute Gasteiger partial charge is 0.309 e. The van der Waals surface area contributed by atoms with Crippen LogP contribution in [0.5, 0.6) is 0 Å². The highest BCUT2D eigenvalue weighted by atomic mass is 15.0. The molecule has 0 atom stereocenters. The summed E-state index contributed by atoms with van der Waals surface area (Å²) in [5, 5.41) is 4.79. The zero-order valence-corrected chi connectivity index (χ0v) is 74.3. The van der Waals surface area contributed by atoms with Gasteiger partial charge in [-0.25, -0.2) is 34.9 Å². The molecule has 0 N–H and O–H groups in total. The van der Waals surface area contributed by atoms with Gasteiger partial charge in [0.15, 0.2) is 23.3 Å². The van der Waals surface area contributed by atoms with Crippen LogP contribution in [0.4, 0.5) is 0 Å². The number of aromatic nitrogens is 9. The van der Waals surface area contributed by atoms with E-state index in [0.29, 0.717) is 29.0 Å². The lowest BCUT2D eigenvalue weighted by molar-refractivity contribution is 0.660. The summed E-state index contributed by atoms with van der Waals surface area (Å²) in [4.78, 5) is 36.0. The van der Waals surface area contributed by atoms with Crippen molar-refractivity contribution in [2.75, 3.05) is 0 Å². The molecule has 0 unspecified atom stereocenters. The van der Waals surface area contributed by atoms with Gasteiger partial charge in [0.2, 0.25) is 0 Å². The molecule has 0 fully saturated rings. The summed E-state index contributed by atoms with van der Waals surface area (Å²) in [7, 11) is 0. The van der Waals surface area contributed by atoms with Gasteiger partial charge in [-0.1, -0.05) is 361 Å². The zero-order valence-electron chi connectivity index (χ0n) is 74.3. The summed E-state index contributed by atoms with van der Waals surface area (Å²) in [6.45, 7) is 9.37. The van der Waals surface area contributed by atoms with Crippen LogP contribution < -0.4 is 0 Å². The second kappa shape index (κ2) is 33.0. The molecular weight excluding hydrogens is 1630 g/mol. The number of para-hydroxylation sites is 2. The molecule has 5 aromatic heterocycles. The summed E-state index contributed by atoms with van der Waals surface area (Å²) < 4.78 is 4.77. The van der Waals surface area contributed by atoms with E-state index in [4.69, 9.17) is 34.9 Å². The molecule has 2 aliphatic rings. The summed E-state index contributed by atoms with van der Waals surface area (Å²) in [5.74, 6) is 2.29. The first-order valence-corrected chi connectivity index (χ1v) is 45.8. The molecule has 0 amide bonds. The number of nitrogens with zero attached hydrogens (tertiary/aromatic N) is 9. The molecule has 5 heterocycles. The quantitative estimate of drug-likeness (QED) is 0.101. The van der Waals surface area contributed by atoms with Crippen LogP contribution in [0.15, 0.2) is 455 Å². The highest BCUT2D eigenvalue weighted by Crippen LogP contribution is 2.53. The van der Waals surface area contributed by atoms with Crippen LogP contribution in [-0.2, 0) is 10.8 Å². The van der Waals surface area contributed by atoms with Crippen molar-refractivity contribution < 1.29 is 0 Å². The predicted octanol–water partition coefficient (Wildman–Crippen LogP) is 31.6. The second-order valence-electron chi connectivity index (χ2n) is 35.9. The van der Waals surface area contributed by atoms with Crippen LogP contribution in [0.25, 0.3) is 223 Å². The van der Waals surface area contributed by atoms with Gasteiger partial charge in [-0.3, -0.25) is 0 Å². The standard InChI is InChI=1S/C64H47N3.C61H40N6/c1-63(2)53-26-13-11-23-48(53)50-32-29-43(37-55(50)63)57-39-58(44-30-33-51-49-24-12-14-27-54(49)64(3,4)56(51)38-44)66-62(65-57)45-20-15-19-42(35-45)47-25-16-28-60-61(47)52-36-41(40-17-7-5-8-18-40)31-34-59(52)67(60)46-21-9-6-10-22-46;1-6-18-41(19-7-1)45-32-33-56-53(38-45)58-52(30-17-31-57(58)67(56)51-28-14-5-15-29-51)46-26-16-27-47(34-46)60-64-54(44-24-12-4-13-25-44)39-55(65-60)61-63-40-62-59(66-61)50-36-48(42-20-8-2-9-21-42)35-49(37-50)43-22-10-3-11-23-43/h5-39H,1-4H3;1-40H. The van der Waals surface area contributed by atoms with Crippen molar-refractivity contribution >= 4 is 43.6 Å². The molecule has 9 nitrogen and oxygen atoms in total. The van der Waals surface area contributed by atoms with E-state index in [9.17, 15) is 0 Å². The van der Waals surface area contributed by atoms with E-state index in [1.54, 1.807) is 6.33 Å². The second-order valence-corrected chi connectivity index (χ2v) is 35.9. The Bertz CT molecular complexity index is 8340. The Morgan fingerprint density at radius 1 is 0.179 bits per heavy atom. The molecule has 0 aliphatic heterocycles. The molecule has 9 heteroatoms. The van der Waals surface area contributed by atoms with Crippen molar-refractivity contribution in [2.45, 2.75) is 38.5 Å². The molecule has 2 aliphatic carbocycles. The maximum absolute atomic E-state index is 5.48. The average Bonchev–Trinajstić information content (AvgIpc) is 1.60. The van der Waals surface area contributed by atoms with Gasteiger partial charge in [0.25, 0.3) is 0 Å². The number of benzene rings is 18. The van der Waals surface area contributed by atoms with Crippen molar-refractivity contribution in [3.8, 4) is 180 Å². The zero-order chi connectivity index (χ0) is 89.5. The Labute approximate surface area is 778 Å². The molecule has 0 radical (unpaired) electrons. The number of rotatable bonds is 15. The number of fused-ring (bicyclic) bond motifs is 12. The van der Waals surface area contributed by atoms with Crippen molar-refractivity contribution in [1.82, 2.24) is 44.0 Å². The van der Waals surface area contributed by atoms with Crippen molar-refractivity contribution in [3.05, 3.63) is 477 Å². The molecular formula is C125H87N9. The van der Waals surface area contributed by atoms with Crippen LogP contribution in [0.1, 0.15) is 49.9 Å². The predicted molar refractivity (Wildman–Crippen MR) is 552 cm³/mol. The van der Waals surface area contributed by atoms with E-state index in [0.717, 1.165) is 112 Å².